The highest BCUT2D eigenvalue weighted by molar-refractivity contribution is 7.10. The maximum absolute atomic E-state index is 12.4. The van der Waals surface area contributed by atoms with E-state index in [-0.39, 0.29) is 11.5 Å². The van der Waals surface area contributed by atoms with Crippen LogP contribution in [-0.4, -0.2) is 49.2 Å². The highest BCUT2D eigenvalue weighted by Crippen LogP contribution is 2.36. The third-order valence-electron chi connectivity index (χ3n) is 4.44. The van der Waals surface area contributed by atoms with Crippen LogP contribution < -0.4 is 20.7 Å². The number of aryl methyl sites for hydroxylation is 2. The van der Waals surface area contributed by atoms with Crippen molar-refractivity contribution in [3.8, 4) is 17.1 Å². The van der Waals surface area contributed by atoms with Crippen LogP contribution in [0.15, 0.2) is 36.8 Å². The molecule has 3 aromatic heterocycles. The molecule has 0 spiro atoms. The Morgan fingerprint density at radius 2 is 2.06 bits per heavy atom. The molecule has 0 aliphatic carbocycles. The van der Waals surface area contributed by atoms with Gasteiger partial charge in [-0.25, -0.2) is 9.97 Å². The van der Waals surface area contributed by atoms with Crippen molar-refractivity contribution in [1.29, 1.82) is 0 Å². The molecule has 1 aromatic carbocycles. The van der Waals surface area contributed by atoms with Gasteiger partial charge in [-0.05, 0) is 36.7 Å². The van der Waals surface area contributed by atoms with E-state index in [0.717, 1.165) is 10.7 Å². The largest absolute Gasteiger partial charge is 0.494 e. The third-order valence-corrected chi connectivity index (χ3v) is 5.23. The molecule has 11 nitrogen and oxygen atoms in total. The molecule has 0 unspecified atom stereocenters. The molecule has 0 atom stereocenters. The summed E-state index contributed by atoms with van der Waals surface area (Å²) in [5, 5.41) is 14.1. The Morgan fingerprint density at radius 3 is 2.72 bits per heavy atom. The Hall–Kier alpha value is -4.06. The zero-order chi connectivity index (χ0) is 22.7. The van der Waals surface area contributed by atoms with Crippen molar-refractivity contribution in [2.45, 2.75) is 6.92 Å². The molecule has 0 aliphatic heterocycles. The van der Waals surface area contributed by atoms with E-state index in [4.69, 9.17) is 4.74 Å². The van der Waals surface area contributed by atoms with Crippen LogP contribution in [0, 0.1) is 6.92 Å². The number of ether oxygens (including phenoxy) is 1. The first kappa shape index (κ1) is 21.2. The maximum Gasteiger partial charge on any atom is 0.256 e. The zero-order valence-corrected chi connectivity index (χ0v) is 18.7. The number of amides is 1. The summed E-state index contributed by atoms with van der Waals surface area (Å²) >= 11 is 1.30. The summed E-state index contributed by atoms with van der Waals surface area (Å²) in [6, 6.07) is 7.41. The first-order valence-electron chi connectivity index (χ1n) is 9.58. The van der Waals surface area contributed by atoms with Crippen molar-refractivity contribution < 1.29 is 9.53 Å². The summed E-state index contributed by atoms with van der Waals surface area (Å²) in [6.07, 6.45) is 3.07. The highest BCUT2D eigenvalue weighted by Gasteiger charge is 2.19. The fourth-order valence-electron chi connectivity index (χ4n) is 2.99. The number of nitrogens with zero attached hydrogens (tertiary/aromatic N) is 6. The number of nitrogens with one attached hydrogen (secondary N) is 3. The number of aromatic nitrogens is 6. The summed E-state index contributed by atoms with van der Waals surface area (Å²) < 4.78 is 11.5. The number of benzene rings is 1. The average Bonchev–Trinajstić information content (AvgIpc) is 3.41. The second kappa shape index (κ2) is 8.98. The van der Waals surface area contributed by atoms with Gasteiger partial charge in [0.05, 0.1) is 24.1 Å². The van der Waals surface area contributed by atoms with Gasteiger partial charge in [0.1, 0.15) is 22.7 Å². The zero-order valence-electron chi connectivity index (χ0n) is 17.9. The van der Waals surface area contributed by atoms with E-state index in [1.165, 1.54) is 17.7 Å². The fraction of sp³-hybridized carbons (Fsp3) is 0.200. The molecule has 0 saturated heterocycles. The number of anilines is 4. The van der Waals surface area contributed by atoms with Gasteiger partial charge in [0.25, 0.3) is 5.91 Å². The SMILES string of the molecule is CNC(=O)c1cnc(Nc2cc(C)ns2)nc1Nc1cccc(-c2ncn(C)n2)c1OC. The standard InChI is InChI=1S/C20H21N9O2S/c1-11-8-15(32-28-11)25-20-22-9-13(19(30)21-2)18(26-20)24-14-7-5-6-12(16(14)31-4)17-23-10-29(3)27-17/h5-10H,1-4H3,(H,21,30)(H2,22,24,25,26). The number of carbonyl (C=O) groups excluding carboxylic acids is 1. The van der Waals surface area contributed by atoms with Gasteiger partial charge in [-0.1, -0.05) is 6.07 Å². The molecular weight excluding hydrogens is 430 g/mol. The second-order valence-corrected chi connectivity index (χ2v) is 7.55. The van der Waals surface area contributed by atoms with E-state index >= 15 is 0 Å². The lowest BCUT2D eigenvalue weighted by molar-refractivity contribution is 0.0963. The van der Waals surface area contributed by atoms with Crippen LogP contribution in [0.3, 0.4) is 0 Å². The molecule has 0 aliphatic rings. The number of rotatable bonds is 7. The summed E-state index contributed by atoms with van der Waals surface area (Å²) in [7, 11) is 4.90. The Labute approximate surface area is 188 Å². The van der Waals surface area contributed by atoms with Gasteiger partial charge in [-0.3, -0.25) is 9.48 Å². The molecule has 3 heterocycles. The first-order chi connectivity index (χ1) is 15.5. The van der Waals surface area contributed by atoms with E-state index in [1.54, 1.807) is 32.2 Å². The summed E-state index contributed by atoms with van der Waals surface area (Å²) in [5.41, 5.74) is 2.47. The molecule has 1 amide bonds. The van der Waals surface area contributed by atoms with Gasteiger partial charge < -0.3 is 20.7 Å². The molecule has 12 heteroatoms. The second-order valence-electron chi connectivity index (χ2n) is 6.75. The minimum Gasteiger partial charge on any atom is -0.494 e. The monoisotopic (exact) mass is 451 g/mol. The third kappa shape index (κ3) is 4.34. The van der Waals surface area contributed by atoms with Gasteiger partial charge in [0.15, 0.2) is 11.6 Å². The van der Waals surface area contributed by atoms with Crippen LogP contribution in [-0.2, 0) is 7.05 Å². The van der Waals surface area contributed by atoms with Crippen molar-refractivity contribution in [3.63, 3.8) is 0 Å². The number of methoxy groups -OCH3 is 1. The van der Waals surface area contributed by atoms with Crippen LogP contribution in [0.1, 0.15) is 16.1 Å². The summed E-state index contributed by atoms with van der Waals surface area (Å²) in [6.45, 7) is 1.90. The van der Waals surface area contributed by atoms with E-state index in [1.807, 2.05) is 31.2 Å². The lowest BCUT2D eigenvalue weighted by Crippen LogP contribution is -2.20. The Balaban J connectivity index is 1.73. The van der Waals surface area contributed by atoms with Gasteiger partial charge in [-0.15, -0.1) is 0 Å². The Bertz CT molecular complexity index is 1270. The molecule has 0 radical (unpaired) electrons. The minimum absolute atomic E-state index is 0.280. The number of carbonyl (C=O) groups is 1. The predicted octanol–water partition coefficient (Wildman–Crippen LogP) is 2.89. The molecule has 0 saturated carbocycles. The van der Waals surface area contributed by atoms with Crippen LogP contribution in [0.4, 0.5) is 22.5 Å². The van der Waals surface area contributed by atoms with Crippen molar-refractivity contribution in [1.82, 2.24) is 34.4 Å². The van der Waals surface area contributed by atoms with Gasteiger partial charge in [0.2, 0.25) is 5.95 Å². The number of hydrogen-bond donors (Lipinski definition) is 3. The quantitative estimate of drug-likeness (QED) is 0.388. The predicted molar refractivity (Wildman–Crippen MR) is 122 cm³/mol. The van der Waals surface area contributed by atoms with Crippen LogP contribution >= 0.6 is 11.5 Å². The average molecular weight is 452 g/mol. The first-order valence-corrected chi connectivity index (χ1v) is 10.4. The molecule has 164 valence electrons. The Kier molecular flexibility index (Phi) is 5.94. The maximum atomic E-state index is 12.4. The fourth-order valence-corrected chi connectivity index (χ4v) is 3.65. The smallest absolute Gasteiger partial charge is 0.256 e. The number of hydrogen-bond acceptors (Lipinski definition) is 10. The normalized spacial score (nSPS) is 10.6. The van der Waals surface area contributed by atoms with Crippen molar-refractivity contribution >= 4 is 39.9 Å². The van der Waals surface area contributed by atoms with E-state index in [9.17, 15) is 4.79 Å². The topological polar surface area (TPSA) is 132 Å². The van der Waals surface area contributed by atoms with E-state index in [2.05, 4.69) is 40.4 Å². The molecule has 32 heavy (non-hydrogen) atoms. The minimum atomic E-state index is -0.325. The molecule has 4 aromatic rings. The van der Waals surface area contributed by atoms with E-state index in [0.29, 0.717) is 34.6 Å². The van der Waals surface area contributed by atoms with Gasteiger partial charge in [-0.2, -0.15) is 14.5 Å². The highest BCUT2D eigenvalue weighted by atomic mass is 32.1. The van der Waals surface area contributed by atoms with Crippen LogP contribution in [0.5, 0.6) is 5.75 Å². The van der Waals surface area contributed by atoms with Crippen molar-refractivity contribution in [3.05, 3.63) is 48.0 Å². The van der Waals surface area contributed by atoms with Crippen molar-refractivity contribution in [2.75, 3.05) is 24.8 Å². The van der Waals surface area contributed by atoms with Crippen LogP contribution in [0.25, 0.3) is 11.4 Å². The van der Waals surface area contributed by atoms with Gasteiger partial charge in [0, 0.05) is 20.3 Å². The van der Waals surface area contributed by atoms with Gasteiger partial charge >= 0.3 is 0 Å². The lowest BCUT2D eigenvalue weighted by Gasteiger charge is -2.15. The summed E-state index contributed by atoms with van der Waals surface area (Å²) in [5.74, 6) is 1.35. The lowest BCUT2D eigenvalue weighted by atomic mass is 10.1. The molecular formula is C20H21N9O2S. The number of para-hydroxylation sites is 1. The van der Waals surface area contributed by atoms with Crippen molar-refractivity contribution in [2.24, 2.45) is 7.05 Å². The van der Waals surface area contributed by atoms with Crippen LogP contribution in [0.2, 0.25) is 0 Å². The molecule has 0 bridgehead atoms. The molecule has 3 N–H and O–H groups in total. The summed E-state index contributed by atoms with van der Waals surface area (Å²) in [4.78, 5) is 25.5. The Morgan fingerprint density at radius 1 is 1.22 bits per heavy atom. The van der Waals surface area contributed by atoms with E-state index < -0.39 is 0 Å². The molecule has 0 fully saturated rings. The molecule has 4 rings (SSSR count).